The number of carbonyl (C=O) groups excluding carboxylic acids is 1. The third kappa shape index (κ3) is 4.43. The van der Waals surface area contributed by atoms with Gasteiger partial charge in [0.05, 0.1) is 18.2 Å². The lowest BCUT2D eigenvalue weighted by Crippen LogP contribution is -2.03. The topological polar surface area (TPSA) is 122 Å². The van der Waals surface area contributed by atoms with Crippen LogP contribution in [0.4, 0.5) is 0 Å². The molecule has 0 aliphatic rings. The molecule has 0 saturated heterocycles. The van der Waals surface area contributed by atoms with Crippen molar-refractivity contribution in [1.82, 2.24) is 9.97 Å². The Morgan fingerprint density at radius 2 is 2.00 bits per heavy atom. The third-order valence-corrected chi connectivity index (χ3v) is 4.21. The summed E-state index contributed by atoms with van der Waals surface area (Å²) < 4.78 is 20.3. The highest BCUT2D eigenvalue weighted by Gasteiger charge is 2.24. The molecule has 3 aromatic rings. The minimum atomic E-state index is -4.93. The molecule has 8 nitrogen and oxygen atoms in total. The number of aromatic amines is 1. The van der Waals surface area contributed by atoms with Crippen molar-refractivity contribution in [2.75, 3.05) is 7.11 Å². The van der Waals surface area contributed by atoms with Crippen molar-refractivity contribution in [3.05, 3.63) is 58.9 Å². The average molecular weight is 388 g/mol. The zero-order valence-corrected chi connectivity index (χ0v) is 15.4. The Hall–Kier alpha value is -2.93. The summed E-state index contributed by atoms with van der Waals surface area (Å²) in [4.78, 5) is 36.9. The highest BCUT2D eigenvalue weighted by molar-refractivity contribution is 7.46. The fourth-order valence-electron chi connectivity index (χ4n) is 2.63. The first-order valence-corrected chi connectivity index (χ1v) is 9.41. The fraction of sp³-hybridized carbons (Fsp3) is 0.111. The van der Waals surface area contributed by atoms with E-state index in [1.165, 1.54) is 6.07 Å². The number of phosphoric acid groups is 1. The molecule has 2 aromatic carbocycles. The van der Waals surface area contributed by atoms with Crippen molar-refractivity contribution in [1.29, 1.82) is 0 Å². The number of methoxy groups -OCH3 is 1. The molecule has 1 aromatic heterocycles. The molecule has 0 radical (unpaired) electrons. The van der Waals surface area contributed by atoms with Gasteiger partial charge in [-0.15, -0.1) is 0 Å². The van der Waals surface area contributed by atoms with Crippen LogP contribution in [0, 0.1) is 6.92 Å². The van der Waals surface area contributed by atoms with Crippen molar-refractivity contribution in [3.8, 4) is 5.75 Å². The Labute approximate surface area is 154 Å². The minimum absolute atomic E-state index is 0.0352. The monoisotopic (exact) mass is 388 g/mol. The van der Waals surface area contributed by atoms with E-state index >= 15 is 0 Å². The van der Waals surface area contributed by atoms with Gasteiger partial charge in [-0.05, 0) is 48.4 Å². The SMILES string of the molecule is COc1ccc(/C=C/c2nc3c(C(=O)OP(=O)(O)O)cccc3[nH]2)cc1C. The van der Waals surface area contributed by atoms with Gasteiger partial charge < -0.3 is 14.2 Å². The summed E-state index contributed by atoms with van der Waals surface area (Å²) in [5.74, 6) is 0.140. The van der Waals surface area contributed by atoms with Gasteiger partial charge in [0.25, 0.3) is 0 Å². The number of ether oxygens (including phenoxy) is 1. The summed E-state index contributed by atoms with van der Waals surface area (Å²) in [5.41, 5.74) is 2.70. The number of H-pyrrole nitrogens is 1. The summed E-state index contributed by atoms with van der Waals surface area (Å²) in [7, 11) is -3.32. The number of nitrogens with one attached hydrogen (secondary N) is 1. The molecule has 0 atom stereocenters. The van der Waals surface area contributed by atoms with Crippen LogP contribution < -0.4 is 4.74 Å². The van der Waals surface area contributed by atoms with E-state index < -0.39 is 13.8 Å². The van der Waals surface area contributed by atoms with E-state index in [2.05, 4.69) is 14.5 Å². The molecule has 3 rings (SSSR count). The van der Waals surface area contributed by atoms with Gasteiger partial charge in [-0.25, -0.2) is 14.3 Å². The first-order chi connectivity index (χ1) is 12.8. The van der Waals surface area contributed by atoms with Crippen molar-refractivity contribution >= 4 is 37.0 Å². The van der Waals surface area contributed by atoms with Crippen LogP contribution in [-0.4, -0.2) is 32.8 Å². The van der Waals surface area contributed by atoms with Gasteiger partial charge in [-0.2, -0.15) is 0 Å². The lowest BCUT2D eigenvalue weighted by atomic mass is 10.1. The van der Waals surface area contributed by atoms with Gasteiger partial charge in [-0.1, -0.05) is 18.2 Å². The van der Waals surface area contributed by atoms with Gasteiger partial charge in [0, 0.05) is 0 Å². The summed E-state index contributed by atoms with van der Waals surface area (Å²) >= 11 is 0. The molecule has 0 bridgehead atoms. The predicted octanol–water partition coefficient (Wildman–Crippen LogP) is 3.30. The largest absolute Gasteiger partial charge is 0.527 e. The lowest BCUT2D eigenvalue weighted by Gasteiger charge is -2.05. The lowest BCUT2D eigenvalue weighted by molar-refractivity contribution is 0.0680. The number of para-hydroxylation sites is 1. The van der Waals surface area contributed by atoms with Crippen LogP contribution in [-0.2, 0) is 9.09 Å². The molecule has 9 heteroatoms. The summed E-state index contributed by atoms with van der Waals surface area (Å²) in [6.07, 6.45) is 3.58. The van der Waals surface area contributed by atoms with Crippen molar-refractivity contribution < 1.29 is 28.4 Å². The minimum Gasteiger partial charge on any atom is -0.496 e. The number of benzene rings is 2. The molecule has 0 fully saturated rings. The number of aromatic nitrogens is 2. The van der Waals surface area contributed by atoms with E-state index in [1.807, 2.05) is 31.2 Å². The number of hydrogen-bond donors (Lipinski definition) is 3. The van der Waals surface area contributed by atoms with E-state index in [-0.39, 0.29) is 11.1 Å². The van der Waals surface area contributed by atoms with E-state index in [0.29, 0.717) is 11.3 Å². The van der Waals surface area contributed by atoms with Crippen molar-refractivity contribution in [2.45, 2.75) is 6.92 Å². The fourth-order valence-corrected chi connectivity index (χ4v) is 2.95. The van der Waals surface area contributed by atoms with Crippen molar-refractivity contribution in [2.24, 2.45) is 0 Å². The molecule has 0 unspecified atom stereocenters. The second kappa shape index (κ2) is 7.36. The number of carbonyl (C=O) groups is 1. The van der Waals surface area contributed by atoms with E-state index in [0.717, 1.165) is 16.9 Å². The normalized spacial score (nSPS) is 11.9. The molecular weight excluding hydrogens is 371 g/mol. The maximum absolute atomic E-state index is 12.0. The second-order valence-electron chi connectivity index (χ2n) is 5.76. The molecule has 0 aliphatic heterocycles. The van der Waals surface area contributed by atoms with Gasteiger partial charge in [0.1, 0.15) is 17.1 Å². The van der Waals surface area contributed by atoms with Crippen LogP contribution in [0.3, 0.4) is 0 Å². The molecule has 0 spiro atoms. The van der Waals surface area contributed by atoms with Gasteiger partial charge >= 0.3 is 13.8 Å². The smallest absolute Gasteiger partial charge is 0.496 e. The average Bonchev–Trinajstić information content (AvgIpc) is 3.01. The summed E-state index contributed by atoms with van der Waals surface area (Å²) in [6.45, 7) is 1.94. The van der Waals surface area contributed by atoms with Gasteiger partial charge in [0.15, 0.2) is 0 Å². The molecule has 0 saturated carbocycles. The summed E-state index contributed by atoms with van der Waals surface area (Å²) in [6, 6.07) is 10.4. The number of phosphoric ester groups is 1. The number of fused-ring (bicyclic) bond motifs is 1. The first kappa shape index (κ1) is 18.8. The van der Waals surface area contributed by atoms with Crippen LogP contribution in [0.1, 0.15) is 27.3 Å². The van der Waals surface area contributed by atoms with Crippen LogP contribution in [0.5, 0.6) is 5.75 Å². The molecule has 140 valence electrons. The Bertz CT molecular complexity index is 1080. The van der Waals surface area contributed by atoms with Crippen LogP contribution in [0.2, 0.25) is 0 Å². The van der Waals surface area contributed by atoms with E-state index in [1.54, 1.807) is 25.3 Å². The number of aryl methyl sites for hydroxylation is 1. The van der Waals surface area contributed by atoms with E-state index in [4.69, 9.17) is 14.5 Å². The Balaban J connectivity index is 1.91. The maximum Gasteiger partial charge on any atom is 0.527 e. The molecule has 1 heterocycles. The van der Waals surface area contributed by atoms with Crippen LogP contribution in [0.15, 0.2) is 36.4 Å². The van der Waals surface area contributed by atoms with E-state index in [9.17, 15) is 9.36 Å². The Morgan fingerprint density at radius 1 is 1.22 bits per heavy atom. The number of hydrogen-bond acceptors (Lipinski definition) is 5. The highest BCUT2D eigenvalue weighted by atomic mass is 31.2. The number of imidazole rings is 1. The number of rotatable bonds is 5. The zero-order chi connectivity index (χ0) is 19.6. The molecule has 27 heavy (non-hydrogen) atoms. The maximum atomic E-state index is 12.0. The zero-order valence-electron chi connectivity index (χ0n) is 14.5. The van der Waals surface area contributed by atoms with Gasteiger partial charge in [0.2, 0.25) is 0 Å². The first-order valence-electron chi connectivity index (χ1n) is 7.88. The second-order valence-corrected chi connectivity index (χ2v) is 6.92. The highest BCUT2D eigenvalue weighted by Crippen LogP contribution is 2.37. The molecule has 0 amide bonds. The molecule has 0 aliphatic carbocycles. The Morgan fingerprint density at radius 3 is 2.67 bits per heavy atom. The predicted molar refractivity (Wildman–Crippen MR) is 100 cm³/mol. The summed E-state index contributed by atoms with van der Waals surface area (Å²) in [5, 5.41) is 0. The van der Waals surface area contributed by atoms with Crippen molar-refractivity contribution in [3.63, 3.8) is 0 Å². The number of nitrogens with zero attached hydrogens (tertiary/aromatic N) is 1. The van der Waals surface area contributed by atoms with Gasteiger partial charge in [-0.3, -0.25) is 9.79 Å². The molecular formula is C18H17N2O6P. The Kier molecular flexibility index (Phi) is 5.14. The van der Waals surface area contributed by atoms with Crippen LogP contribution in [0.25, 0.3) is 23.2 Å². The third-order valence-electron chi connectivity index (χ3n) is 3.81. The quantitative estimate of drug-likeness (QED) is 0.573. The molecule has 3 N–H and O–H groups in total. The van der Waals surface area contributed by atoms with Crippen LogP contribution >= 0.6 is 7.82 Å². The standard InChI is InChI=1S/C18H17N2O6P/c1-11-10-12(6-8-15(11)25-2)7-9-16-19-14-5-3-4-13(17(14)20-16)18(21)26-27(22,23)24/h3-10H,1-2H3,(H,19,20)(H2,22,23,24)/b9-7+.